The summed E-state index contributed by atoms with van der Waals surface area (Å²) < 4.78 is 9.90. The van der Waals surface area contributed by atoms with Crippen LogP contribution in [-0.2, 0) is 25.7 Å². The van der Waals surface area contributed by atoms with Gasteiger partial charge in [0.25, 0.3) is 0 Å². The van der Waals surface area contributed by atoms with E-state index in [4.69, 9.17) is 4.74 Å². The van der Waals surface area contributed by atoms with E-state index < -0.39 is 42.1 Å². The topological polar surface area (TPSA) is 114 Å². The lowest BCUT2D eigenvalue weighted by Crippen LogP contribution is -2.56. The number of nitrogens with one attached hydrogen (secondary N) is 2. The van der Waals surface area contributed by atoms with Crippen molar-refractivity contribution in [3.05, 3.63) is 84.4 Å². The average molecular weight is 440 g/mol. The number of aliphatic hydroxyl groups excluding tert-OH is 1. The molecule has 2 rings (SSSR count). The molecule has 0 spiro atoms. The van der Waals surface area contributed by atoms with Crippen molar-refractivity contribution in [2.45, 2.75) is 37.6 Å². The van der Waals surface area contributed by atoms with Crippen molar-refractivity contribution in [2.75, 3.05) is 7.11 Å². The number of benzene rings is 2. The summed E-state index contributed by atoms with van der Waals surface area (Å²) in [5, 5.41) is 14.9. The number of aliphatic hydroxyl groups is 1. The fourth-order valence-corrected chi connectivity index (χ4v) is 3.10. The molecule has 0 heterocycles. The quantitative estimate of drug-likeness (QED) is 0.386. The summed E-state index contributed by atoms with van der Waals surface area (Å²) in [4.78, 5) is 37.6. The van der Waals surface area contributed by atoms with Crippen LogP contribution in [0.5, 0.6) is 0 Å². The molecular formula is C24H28N2O6. The minimum absolute atomic E-state index is 0.0174. The Morgan fingerprint density at radius 1 is 1.00 bits per heavy atom. The van der Waals surface area contributed by atoms with Gasteiger partial charge in [-0.05, 0) is 18.1 Å². The molecule has 0 aliphatic heterocycles. The van der Waals surface area contributed by atoms with E-state index >= 15 is 0 Å². The van der Waals surface area contributed by atoms with Crippen LogP contribution in [0.4, 0.5) is 4.79 Å². The maximum Gasteiger partial charge on any atom is 0.408 e. The largest absolute Gasteiger partial charge is 0.467 e. The standard InChI is InChI=1S/C24H28N2O6/c1-4-19(18-13-9-6-10-14-18)21(22(28)25-20(16(2)27)23(29)31-3)26-24(30)32-15-17-11-7-5-8-12-17/h4-14,16,19-21,27H,1,15H2,2-3H3,(H,25,28)(H,26,30)/t16-,19+,20+,21+/m1/s1. The molecule has 0 saturated carbocycles. The third-order valence-corrected chi connectivity index (χ3v) is 4.80. The van der Waals surface area contributed by atoms with E-state index in [2.05, 4.69) is 21.9 Å². The van der Waals surface area contributed by atoms with Crippen molar-refractivity contribution in [3.63, 3.8) is 0 Å². The first-order valence-electron chi connectivity index (χ1n) is 10.1. The first-order valence-corrected chi connectivity index (χ1v) is 10.1. The van der Waals surface area contributed by atoms with Crippen molar-refractivity contribution >= 4 is 18.0 Å². The molecule has 4 atom stereocenters. The van der Waals surface area contributed by atoms with Crippen LogP contribution in [0.2, 0.25) is 0 Å². The molecule has 0 radical (unpaired) electrons. The van der Waals surface area contributed by atoms with E-state index in [1.165, 1.54) is 13.0 Å². The number of alkyl carbamates (subject to hydrolysis) is 1. The molecule has 0 saturated heterocycles. The van der Waals surface area contributed by atoms with Gasteiger partial charge in [0.1, 0.15) is 12.6 Å². The molecule has 0 aliphatic carbocycles. The lowest BCUT2D eigenvalue weighted by atomic mass is 9.90. The number of hydrogen-bond acceptors (Lipinski definition) is 6. The van der Waals surface area contributed by atoms with Crippen LogP contribution < -0.4 is 10.6 Å². The molecule has 8 heteroatoms. The lowest BCUT2D eigenvalue weighted by molar-refractivity contribution is -0.148. The molecule has 170 valence electrons. The summed E-state index contributed by atoms with van der Waals surface area (Å²) in [5.41, 5.74) is 1.50. The highest BCUT2D eigenvalue weighted by Gasteiger charge is 2.34. The first-order chi connectivity index (χ1) is 15.4. The maximum atomic E-state index is 13.1. The fourth-order valence-electron chi connectivity index (χ4n) is 3.10. The van der Waals surface area contributed by atoms with E-state index in [1.54, 1.807) is 36.4 Å². The highest BCUT2D eigenvalue weighted by atomic mass is 16.5. The molecule has 0 unspecified atom stereocenters. The van der Waals surface area contributed by atoms with Gasteiger partial charge in [-0.2, -0.15) is 0 Å². The zero-order chi connectivity index (χ0) is 23.5. The highest BCUT2D eigenvalue weighted by molar-refractivity contribution is 5.91. The Kier molecular flexibility index (Phi) is 9.43. The van der Waals surface area contributed by atoms with Gasteiger partial charge in [0.2, 0.25) is 5.91 Å². The summed E-state index contributed by atoms with van der Waals surface area (Å²) in [6.07, 6.45) is -0.508. The van der Waals surface area contributed by atoms with Crippen LogP contribution in [-0.4, -0.2) is 48.4 Å². The number of rotatable bonds is 10. The van der Waals surface area contributed by atoms with Crippen LogP contribution in [0, 0.1) is 0 Å². The van der Waals surface area contributed by atoms with E-state index in [0.29, 0.717) is 0 Å². The van der Waals surface area contributed by atoms with Crippen LogP contribution in [0.3, 0.4) is 0 Å². The number of amides is 2. The normalized spacial score (nSPS) is 14.2. The van der Waals surface area contributed by atoms with Crippen molar-refractivity contribution < 1.29 is 29.0 Å². The van der Waals surface area contributed by atoms with Gasteiger partial charge in [0.15, 0.2) is 6.04 Å². The number of carbonyl (C=O) groups is 3. The Labute approximate surface area is 187 Å². The van der Waals surface area contributed by atoms with Gasteiger partial charge in [-0.1, -0.05) is 66.7 Å². The SMILES string of the molecule is C=C[C@@H](c1ccccc1)[C@H](NC(=O)OCc1ccccc1)C(=O)N[C@H](C(=O)OC)[C@@H](C)O. The van der Waals surface area contributed by atoms with Gasteiger partial charge in [0, 0.05) is 5.92 Å². The van der Waals surface area contributed by atoms with Crippen LogP contribution in [0.1, 0.15) is 24.0 Å². The number of ether oxygens (including phenoxy) is 2. The molecule has 2 aromatic carbocycles. The Morgan fingerprint density at radius 3 is 2.12 bits per heavy atom. The molecular weight excluding hydrogens is 412 g/mol. The molecule has 0 aromatic heterocycles. The number of methoxy groups -OCH3 is 1. The molecule has 32 heavy (non-hydrogen) atoms. The number of carbonyl (C=O) groups excluding carboxylic acids is 3. The van der Waals surface area contributed by atoms with Gasteiger partial charge in [-0.15, -0.1) is 6.58 Å². The van der Waals surface area contributed by atoms with Crippen molar-refractivity contribution in [1.82, 2.24) is 10.6 Å². The fraction of sp³-hybridized carbons (Fsp3) is 0.292. The second-order valence-electron chi connectivity index (χ2n) is 7.11. The van der Waals surface area contributed by atoms with Crippen molar-refractivity contribution in [2.24, 2.45) is 0 Å². The molecule has 2 amide bonds. The molecule has 0 bridgehead atoms. The van der Waals surface area contributed by atoms with Gasteiger partial charge in [-0.25, -0.2) is 9.59 Å². The molecule has 0 fully saturated rings. The monoisotopic (exact) mass is 440 g/mol. The molecule has 2 aromatic rings. The average Bonchev–Trinajstić information content (AvgIpc) is 2.81. The third kappa shape index (κ3) is 6.95. The Bertz CT molecular complexity index is 901. The summed E-state index contributed by atoms with van der Waals surface area (Å²) in [6.45, 7) is 5.16. The first kappa shape index (κ1) is 24.6. The third-order valence-electron chi connectivity index (χ3n) is 4.80. The summed E-state index contributed by atoms with van der Waals surface area (Å²) >= 11 is 0. The predicted molar refractivity (Wildman–Crippen MR) is 119 cm³/mol. The number of esters is 1. The summed E-state index contributed by atoms with van der Waals surface area (Å²) in [5.74, 6) is -2.15. The highest BCUT2D eigenvalue weighted by Crippen LogP contribution is 2.22. The van der Waals surface area contributed by atoms with Gasteiger partial charge in [-0.3, -0.25) is 4.79 Å². The Morgan fingerprint density at radius 2 is 1.59 bits per heavy atom. The minimum atomic E-state index is -1.31. The second kappa shape index (κ2) is 12.3. The molecule has 3 N–H and O–H groups in total. The van der Waals surface area contributed by atoms with E-state index in [1.807, 2.05) is 24.3 Å². The minimum Gasteiger partial charge on any atom is -0.467 e. The smallest absolute Gasteiger partial charge is 0.408 e. The lowest BCUT2D eigenvalue weighted by Gasteiger charge is -2.27. The predicted octanol–water partition coefficient (Wildman–Crippen LogP) is 2.29. The Hall–Kier alpha value is -3.65. The van der Waals surface area contributed by atoms with Crippen molar-refractivity contribution in [3.8, 4) is 0 Å². The van der Waals surface area contributed by atoms with Crippen LogP contribution in [0.25, 0.3) is 0 Å². The zero-order valence-electron chi connectivity index (χ0n) is 18.1. The second-order valence-corrected chi connectivity index (χ2v) is 7.11. The van der Waals surface area contributed by atoms with Gasteiger partial charge >= 0.3 is 12.1 Å². The van der Waals surface area contributed by atoms with Gasteiger partial charge in [0.05, 0.1) is 13.2 Å². The van der Waals surface area contributed by atoms with E-state index in [9.17, 15) is 19.5 Å². The zero-order valence-corrected chi connectivity index (χ0v) is 18.1. The number of hydrogen-bond donors (Lipinski definition) is 3. The van der Waals surface area contributed by atoms with Crippen LogP contribution >= 0.6 is 0 Å². The molecule has 0 aliphatic rings. The summed E-state index contributed by atoms with van der Waals surface area (Å²) in [6, 6.07) is 15.6. The van der Waals surface area contributed by atoms with Crippen LogP contribution in [0.15, 0.2) is 73.3 Å². The van der Waals surface area contributed by atoms with E-state index in [-0.39, 0.29) is 6.61 Å². The summed E-state index contributed by atoms with van der Waals surface area (Å²) in [7, 11) is 1.15. The molecule has 8 nitrogen and oxygen atoms in total. The maximum absolute atomic E-state index is 13.1. The van der Waals surface area contributed by atoms with Gasteiger partial charge < -0.3 is 25.2 Å². The van der Waals surface area contributed by atoms with E-state index in [0.717, 1.165) is 18.2 Å². The Balaban J connectivity index is 2.23. The van der Waals surface area contributed by atoms with Crippen molar-refractivity contribution in [1.29, 1.82) is 0 Å².